The number of benzene rings is 1. The number of ether oxygens (including phenoxy) is 3. The van der Waals surface area contributed by atoms with Crippen molar-refractivity contribution >= 4 is 5.97 Å². The van der Waals surface area contributed by atoms with E-state index in [-0.39, 0.29) is 12.1 Å². The lowest BCUT2D eigenvalue weighted by Crippen LogP contribution is -2.46. The van der Waals surface area contributed by atoms with Crippen LogP contribution in [0.3, 0.4) is 0 Å². The van der Waals surface area contributed by atoms with Crippen LogP contribution in [0.15, 0.2) is 24.3 Å². The number of para-hydroxylation sites is 1. The van der Waals surface area contributed by atoms with E-state index in [0.717, 1.165) is 17.9 Å². The third-order valence-corrected chi connectivity index (χ3v) is 3.32. The lowest BCUT2D eigenvalue weighted by Gasteiger charge is -2.32. The third kappa shape index (κ3) is 4.21. The molecule has 20 heavy (non-hydrogen) atoms. The van der Waals surface area contributed by atoms with Gasteiger partial charge < -0.3 is 14.2 Å². The number of aryl methyl sites for hydroxylation is 1. The van der Waals surface area contributed by atoms with Gasteiger partial charge in [0, 0.05) is 13.1 Å². The van der Waals surface area contributed by atoms with Crippen LogP contribution >= 0.6 is 0 Å². The number of hydrogen-bond acceptors (Lipinski definition) is 5. The van der Waals surface area contributed by atoms with E-state index >= 15 is 0 Å². The van der Waals surface area contributed by atoms with Gasteiger partial charge in [-0.2, -0.15) is 0 Å². The van der Waals surface area contributed by atoms with Crippen LogP contribution in [0.2, 0.25) is 0 Å². The van der Waals surface area contributed by atoms with Crippen molar-refractivity contribution in [2.45, 2.75) is 13.0 Å². The predicted octanol–water partition coefficient (Wildman–Crippen LogP) is 1.25. The van der Waals surface area contributed by atoms with Crippen LogP contribution in [0.5, 0.6) is 5.75 Å². The molecule has 1 aromatic carbocycles. The molecule has 1 aliphatic rings. The predicted molar refractivity (Wildman–Crippen MR) is 74.9 cm³/mol. The maximum absolute atomic E-state index is 11.3. The molecule has 1 atom stereocenters. The zero-order chi connectivity index (χ0) is 14.4. The molecule has 0 aliphatic carbocycles. The summed E-state index contributed by atoms with van der Waals surface area (Å²) in [5.41, 5.74) is 1.11. The number of nitrogens with zero attached hydrogens (tertiary/aromatic N) is 1. The van der Waals surface area contributed by atoms with Gasteiger partial charge in [0.05, 0.1) is 20.3 Å². The van der Waals surface area contributed by atoms with Crippen molar-refractivity contribution in [3.8, 4) is 5.75 Å². The van der Waals surface area contributed by atoms with E-state index in [4.69, 9.17) is 9.47 Å². The fourth-order valence-corrected chi connectivity index (χ4v) is 2.17. The van der Waals surface area contributed by atoms with Crippen molar-refractivity contribution in [2.24, 2.45) is 0 Å². The number of hydrogen-bond donors (Lipinski definition) is 0. The normalized spacial score (nSPS) is 19.6. The highest BCUT2D eigenvalue weighted by Gasteiger charge is 2.23. The Morgan fingerprint density at radius 3 is 3.00 bits per heavy atom. The molecule has 1 fully saturated rings. The summed E-state index contributed by atoms with van der Waals surface area (Å²) >= 11 is 0. The number of carbonyl (C=O) groups is 1. The topological polar surface area (TPSA) is 48.0 Å². The molecule has 1 heterocycles. The highest BCUT2D eigenvalue weighted by molar-refractivity contribution is 5.71. The van der Waals surface area contributed by atoms with Crippen molar-refractivity contribution in [1.29, 1.82) is 0 Å². The summed E-state index contributed by atoms with van der Waals surface area (Å²) in [6.45, 7) is 4.85. The minimum absolute atomic E-state index is 0.0204. The Morgan fingerprint density at radius 2 is 2.25 bits per heavy atom. The molecule has 0 radical (unpaired) electrons. The first-order valence-electron chi connectivity index (χ1n) is 6.78. The second kappa shape index (κ2) is 7.26. The van der Waals surface area contributed by atoms with Crippen LogP contribution in [0, 0.1) is 6.92 Å². The Bertz CT molecular complexity index is 449. The van der Waals surface area contributed by atoms with Gasteiger partial charge in [-0.15, -0.1) is 0 Å². The van der Waals surface area contributed by atoms with Crippen LogP contribution in [0.1, 0.15) is 5.56 Å². The van der Waals surface area contributed by atoms with Crippen LogP contribution in [-0.4, -0.2) is 56.9 Å². The second-order valence-corrected chi connectivity index (χ2v) is 4.88. The Balaban J connectivity index is 1.81. The van der Waals surface area contributed by atoms with E-state index in [1.54, 1.807) is 0 Å². The highest BCUT2D eigenvalue weighted by Crippen LogP contribution is 2.17. The molecule has 5 nitrogen and oxygen atoms in total. The molecule has 5 heteroatoms. The maximum Gasteiger partial charge on any atom is 0.319 e. The first-order valence-corrected chi connectivity index (χ1v) is 6.78. The van der Waals surface area contributed by atoms with E-state index in [0.29, 0.717) is 26.3 Å². The van der Waals surface area contributed by atoms with Crippen LogP contribution in [-0.2, 0) is 14.3 Å². The summed E-state index contributed by atoms with van der Waals surface area (Å²) in [4.78, 5) is 13.3. The molecule has 0 unspecified atom stereocenters. The molecular weight excluding hydrogens is 258 g/mol. The number of esters is 1. The fraction of sp³-hybridized carbons (Fsp3) is 0.533. The Hall–Kier alpha value is -1.59. The highest BCUT2D eigenvalue weighted by atomic mass is 16.5. The summed E-state index contributed by atoms with van der Waals surface area (Å²) in [5, 5.41) is 0. The number of morpholine rings is 1. The number of carbonyl (C=O) groups excluding carboxylic acids is 1. The molecule has 0 amide bonds. The number of rotatable bonds is 5. The smallest absolute Gasteiger partial charge is 0.319 e. The van der Waals surface area contributed by atoms with Crippen molar-refractivity contribution in [2.75, 3.05) is 40.0 Å². The molecule has 0 saturated carbocycles. The first-order chi connectivity index (χ1) is 9.69. The van der Waals surface area contributed by atoms with Gasteiger partial charge in [-0.1, -0.05) is 18.2 Å². The summed E-state index contributed by atoms with van der Waals surface area (Å²) < 4.78 is 16.1. The minimum atomic E-state index is -0.217. The molecule has 1 saturated heterocycles. The molecule has 110 valence electrons. The molecule has 0 spiro atoms. The number of methoxy groups -OCH3 is 1. The third-order valence-electron chi connectivity index (χ3n) is 3.32. The second-order valence-electron chi connectivity index (χ2n) is 4.88. The average Bonchev–Trinajstić information content (AvgIpc) is 2.47. The molecular formula is C15H21NO4. The quantitative estimate of drug-likeness (QED) is 0.759. The van der Waals surface area contributed by atoms with E-state index in [9.17, 15) is 4.79 Å². The van der Waals surface area contributed by atoms with Gasteiger partial charge in [0.25, 0.3) is 0 Å². The Kier molecular flexibility index (Phi) is 5.38. The van der Waals surface area contributed by atoms with Crippen LogP contribution < -0.4 is 4.74 Å². The van der Waals surface area contributed by atoms with E-state index < -0.39 is 0 Å². The standard InChI is InChI=1S/C15H21NO4/c1-12-5-3-4-6-14(12)20-11-13-9-16(7-8-19-13)10-15(17)18-2/h3-6,13H,7-11H2,1-2H3/t13-/m1/s1. The largest absolute Gasteiger partial charge is 0.491 e. The average molecular weight is 279 g/mol. The zero-order valence-electron chi connectivity index (χ0n) is 12.0. The van der Waals surface area contributed by atoms with Crippen molar-refractivity contribution < 1.29 is 19.0 Å². The summed E-state index contributed by atoms with van der Waals surface area (Å²) in [6.07, 6.45) is -0.0204. The lowest BCUT2D eigenvalue weighted by atomic mass is 10.2. The van der Waals surface area contributed by atoms with E-state index in [1.807, 2.05) is 36.1 Å². The van der Waals surface area contributed by atoms with Crippen molar-refractivity contribution in [3.63, 3.8) is 0 Å². The molecule has 2 rings (SSSR count). The first kappa shape index (κ1) is 14.8. The molecule has 1 aromatic rings. The van der Waals surface area contributed by atoms with Gasteiger partial charge in [-0.05, 0) is 18.6 Å². The van der Waals surface area contributed by atoms with Gasteiger partial charge in [-0.25, -0.2) is 0 Å². The van der Waals surface area contributed by atoms with Gasteiger partial charge in [-0.3, -0.25) is 9.69 Å². The molecule has 0 N–H and O–H groups in total. The lowest BCUT2D eigenvalue weighted by molar-refractivity contribution is -0.144. The zero-order valence-corrected chi connectivity index (χ0v) is 12.0. The minimum Gasteiger partial charge on any atom is -0.491 e. The molecule has 0 aromatic heterocycles. The van der Waals surface area contributed by atoms with Crippen LogP contribution in [0.4, 0.5) is 0 Å². The van der Waals surface area contributed by atoms with Crippen molar-refractivity contribution in [3.05, 3.63) is 29.8 Å². The monoisotopic (exact) mass is 279 g/mol. The van der Waals surface area contributed by atoms with Gasteiger partial charge in [0.15, 0.2) is 0 Å². The molecule has 1 aliphatic heterocycles. The maximum atomic E-state index is 11.3. The van der Waals surface area contributed by atoms with E-state index in [2.05, 4.69) is 4.74 Å². The van der Waals surface area contributed by atoms with Gasteiger partial charge in [0.2, 0.25) is 0 Å². The fourth-order valence-electron chi connectivity index (χ4n) is 2.17. The summed E-state index contributed by atoms with van der Waals surface area (Å²) in [5.74, 6) is 0.659. The SMILES string of the molecule is COC(=O)CN1CCO[C@@H](COc2ccccc2C)C1. The summed E-state index contributed by atoms with van der Waals surface area (Å²) in [7, 11) is 1.40. The van der Waals surface area contributed by atoms with Crippen LogP contribution in [0.25, 0.3) is 0 Å². The van der Waals surface area contributed by atoms with Gasteiger partial charge >= 0.3 is 5.97 Å². The van der Waals surface area contributed by atoms with Crippen molar-refractivity contribution in [1.82, 2.24) is 4.90 Å². The molecule has 0 bridgehead atoms. The van der Waals surface area contributed by atoms with E-state index in [1.165, 1.54) is 7.11 Å². The Morgan fingerprint density at radius 1 is 1.45 bits per heavy atom. The Labute approximate surface area is 119 Å². The van der Waals surface area contributed by atoms with Gasteiger partial charge in [0.1, 0.15) is 18.5 Å². The summed E-state index contributed by atoms with van der Waals surface area (Å²) in [6, 6.07) is 7.90.